The molecule has 0 aliphatic carbocycles. The van der Waals surface area contributed by atoms with E-state index in [4.69, 9.17) is 0 Å². The maximum atomic E-state index is 13.9. The number of urea groups is 1. The number of piperidine rings is 1. The van der Waals surface area contributed by atoms with Crippen LogP contribution in [-0.2, 0) is 23.3 Å². The summed E-state index contributed by atoms with van der Waals surface area (Å²) in [5.41, 5.74) is -1.57. The van der Waals surface area contributed by atoms with Gasteiger partial charge < -0.3 is 9.80 Å². The molecule has 2 amide bonds. The zero-order valence-corrected chi connectivity index (χ0v) is 24.3. The van der Waals surface area contributed by atoms with E-state index in [0.717, 1.165) is 4.90 Å². The molecule has 2 aromatic carbocycles. The third-order valence-electron chi connectivity index (χ3n) is 6.99. The molecule has 2 unspecified atom stereocenters. The number of benzene rings is 2. The average Bonchev–Trinajstić information content (AvgIpc) is 2.85. The number of amides is 2. The van der Waals surface area contributed by atoms with Crippen molar-refractivity contribution in [2.24, 2.45) is 4.40 Å². The lowest BCUT2D eigenvalue weighted by Gasteiger charge is -2.41. The van der Waals surface area contributed by atoms with Gasteiger partial charge in [-0.1, -0.05) is 6.07 Å². The Morgan fingerprint density at radius 3 is 2.07 bits per heavy atom. The van der Waals surface area contributed by atoms with E-state index >= 15 is 0 Å². The molecular formula is C28H32F7N3O2S. The zero-order valence-electron chi connectivity index (χ0n) is 23.5. The minimum Gasteiger partial charge on any atom is -0.321 e. The van der Waals surface area contributed by atoms with Gasteiger partial charge in [0, 0.05) is 32.1 Å². The highest BCUT2D eigenvalue weighted by atomic mass is 32.2. The van der Waals surface area contributed by atoms with Crippen LogP contribution in [0.5, 0.6) is 0 Å². The van der Waals surface area contributed by atoms with Crippen LogP contribution in [0.15, 0.2) is 40.8 Å². The maximum absolute atomic E-state index is 13.9. The fraction of sp³-hybridized carbons (Fsp3) is 0.500. The summed E-state index contributed by atoms with van der Waals surface area (Å²) < 4.78 is 111. The quantitative estimate of drug-likeness (QED) is 0.331. The number of carbonyl (C=O) groups is 1. The maximum Gasteiger partial charge on any atom is 0.416 e. The summed E-state index contributed by atoms with van der Waals surface area (Å²) in [5.74, 6) is -0.488. The van der Waals surface area contributed by atoms with Gasteiger partial charge in [0.1, 0.15) is 16.8 Å². The molecule has 0 saturated carbocycles. The number of hydrogen-bond acceptors (Lipinski definition) is 2. The van der Waals surface area contributed by atoms with Crippen LogP contribution in [0.4, 0.5) is 35.5 Å². The van der Waals surface area contributed by atoms with Crippen molar-refractivity contribution >= 4 is 22.7 Å². The Bertz CT molecular complexity index is 1320. The van der Waals surface area contributed by atoms with Gasteiger partial charge in [-0.25, -0.2) is 13.4 Å². The van der Waals surface area contributed by atoms with Crippen molar-refractivity contribution in [1.29, 1.82) is 0 Å². The van der Waals surface area contributed by atoms with Gasteiger partial charge in [-0.05, 0) is 81.6 Å². The standard InChI is InChI=1S/C28H32F7N3O2S/c1-16-11-21(29)7-8-23(16)24-15-22(36-41(40)26(3,4)5)9-10-38(24)25(39)37(6)17(2)18-12-19(27(30,31)32)14-20(13-18)28(33,34)35/h7-8,11-14,17,24H,9-10,15H2,1-6H3/t17-,24?,41?/m1/s1. The Morgan fingerprint density at radius 1 is 1.02 bits per heavy atom. The average molecular weight is 608 g/mol. The SMILES string of the molecule is Cc1cc(F)ccc1C1CC(=NS(=O)C(C)(C)C)CCN1C(=O)N(C)[C@H](C)c1cc(C(F)(F)F)cc(C(F)(F)F)c1. The molecule has 0 bridgehead atoms. The van der Waals surface area contributed by atoms with Crippen molar-refractivity contribution in [3.8, 4) is 0 Å². The van der Waals surface area contributed by atoms with E-state index in [0.29, 0.717) is 29.0 Å². The first-order valence-corrected chi connectivity index (χ1v) is 13.9. The summed E-state index contributed by atoms with van der Waals surface area (Å²) in [7, 11) is -0.268. The number of aryl methyl sites for hydroxylation is 1. The minimum absolute atomic E-state index is 0.0401. The van der Waals surface area contributed by atoms with Crippen molar-refractivity contribution in [3.05, 3.63) is 70.0 Å². The van der Waals surface area contributed by atoms with Crippen molar-refractivity contribution in [3.63, 3.8) is 0 Å². The van der Waals surface area contributed by atoms with Crippen molar-refractivity contribution < 1.29 is 39.7 Å². The monoisotopic (exact) mass is 607 g/mol. The predicted octanol–water partition coefficient (Wildman–Crippen LogP) is 8.02. The van der Waals surface area contributed by atoms with Crippen molar-refractivity contribution in [2.75, 3.05) is 13.6 Å². The van der Waals surface area contributed by atoms with E-state index < -0.39 is 63.1 Å². The highest BCUT2D eigenvalue weighted by molar-refractivity contribution is 7.85. The molecule has 41 heavy (non-hydrogen) atoms. The van der Waals surface area contributed by atoms with Gasteiger partial charge in [0.25, 0.3) is 0 Å². The highest BCUT2D eigenvalue weighted by Gasteiger charge is 2.39. The number of nitrogens with zero attached hydrogens (tertiary/aromatic N) is 3. The number of likely N-dealkylation sites (tertiary alicyclic amines) is 1. The first-order chi connectivity index (χ1) is 18.7. The predicted molar refractivity (Wildman–Crippen MR) is 143 cm³/mol. The molecule has 0 radical (unpaired) electrons. The molecule has 1 fully saturated rings. The molecule has 1 heterocycles. The van der Waals surface area contributed by atoms with Gasteiger partial charge in [0.15, 0.2) is 0 Å². The number of rotatable bonds is 4. The van der Waals surface area contributed by atoms with Crippen LogP contribution in [0.2, 0.25) is 0 Å². The first-order valence-electron chi connectivity index (χ1n) is 12.8. The molecule has 0 aromatic heterocycles. The summed E-state index contributed by atoms with van der Waals surface area (Å²) in [6.07, 6.45) is -9.63. The van der Waals surface area contributed by atoms with Crippen LogP contribution >= 0.6 is 0 Å². The number of carbonyl (C=O) groups excluding carboxylic acids is 1. The fourth-order valence-corrected chi connectivity index (χ4v) is 5.18. The van der Waals surface area contributed by atoms with Crippen LogP contribution in [-0.4, -0.2) is 44.1 Å². The van der Waals surface area contributed by atoms with Crippen molar-refractivity contribution in [2.45, 2.75) is 76.6 Å². The van der Waals surface area contributed by atoms with Crippen LogP contribution in [0.3, 0.4) is 0 Å². The summed E-state index contributed by atoms with van der Waals surface area (Å²) >= 11 is 0. The van der Waals surface area contributed by atoms with Crippen LogP contribution in [0, 0.1) is 12.7 Å². The van der Waals surface area contributed by atoms with Gasteiger partial charge in [-0.3, -0.25) is 0 Å². The van der Waals surface area contributed by atoms with Crippen molar-refractivity contribution in [1.82, 2.24) is 9.80 Å². The highest BCUT2D eigenvalue weighted by Crippen LogP contribution is 2.39. The summed E-state index contributed by atoms with van der Waals surface area (Å²) in [6, 6.07) is 2.81. The van der Waals surface area contributed by atoms with E-state index in [1.807, 2.05) is 0 Å². The molecule has 1 saturated heterocycles. The largest absolute Gasteiger partial charge is 0.416 e. The smallest absolute Gasteiger partial charge is 0.321 e. The summed E-state index contributed by atoms with van der Waals surface area (Å²) in [4.78, 5) is 16.3. The van der Waals surface area contributed by atoms with E-state index in [-0.39, 0.29) is 31.0 Å². The molecule has 3 atom stereocenters. The minimum atomic E-state index is -5.03. The van der Waals surface area contributed by atoms with Gasteiger partial charge in [-0.2, -0.15) is 30.7 Å². The Morgan fingerprint density at radius 2 is 1.59 bits per heavy atom. The summed E-state index contributed by atoms with van der Waals surface area (Å²) in [5, 5.41) is 0. The number of halogens is 7. The van der Waals surface area contributed by atoms with E-state index in [1.54, 1.807) is 27.7 Å². The lowest BCUT2D eigenvalue weighted by atomic mass is 9.91. The summed E-state index contributed by atoms with van der Waals surface area (Å²) in [6.45, 7) is 8.39. The fourth-order valence-electron chi connectivity index (χ4n) is 4.51. The third kappa shape index (κ3) is 7.66. The third-order valence-corrected chi connectivity index (χ3v) is 8.47. The molecule has 13 heteroatoms. The Kier molecular flexibility index (Phi) is 9.31. The molecule has 2 aromatic rings. The van der Waals surface area contributed by atoms with Gasteiger partial charge >= 0.3 is 18.4 Å². The normalized spacial score (nSPS) is 19.3. The molecule has 0 spiro atoms. The van der Waals surface area contributed by atoms with Crippen LogP contribution in [0.1, 0.15) is 80.4 Å². The number of alkyl halides is 6. The van der Waals surface area contributed by atoms with E-state index in [9.17, 15) is 39.7 Å². The lowest BCUT2D eigenvalue weighted by Crippen LogP contribution is -2.48. The molecule has 1 aliphatic rings. The first kappa shape index (κ1) is 32.6. The molecule has 3 rings (SSSR count). The topological polar surface area (TPSA) is 53.0 Å². The second-order valence-corrected chi connectivity index (χ2v) is 13.0. The van der Waals surface area contributed by atoms with E-state index in [2.05, 4.69) is 4.40 Å². The Labute approximate surface area is 237 Å². The molecule has 226 valence electrons. The molecular weight excluding hydrogens is 575 g/mol. The second-order valence-electron chi connectivity index (χ2n) is 11.1. The Balaban J connectivity index is 2.00. The Hall–Kier alpha value is -2.96. The van der Waals surface area contributed by atoms with Crippen LogP contribution in [0.25, 0.3) is 0 Å². The number of hydrogen-bond donors (Lipinski definition) is 0. The van der Waals surface area contributed by atoms with Gasteiger partial charge in [0.2, 0.25) is 0 Å². The van der Waals surface area contributed by atoms with Crippen LogP contribution < -0.4 is 0 Å². The second kappa shape index (κ2) is 11.7. The molecule has 0 N–H and O–H groups in total. The lowest BCUT2D eigenvalue weighted by molar-refractivity contribution is -0.143. The van der Waals surface area contributed by atoms with Gasteiger partial charge in [0.05, 0.1) is 28.0 Å². The zero-order chi connectivity index (χ0) is 31.1. The van der Waals surface area contributed by atoms with Gasteiger partial charge in [-0.15, -0.1) is 0 Å². The molecule has 5 nitrogen and oxygen atoms in total. The molecule has 1 aliphatic heterocycles. The van der Waals surface area contributed by atoms with E-state index in [1.165, 1.54) is 37.1 Å².